The van der Waals surface area contributed by atoms with Crippen LogP contribution in [0.3, 0.4) is 0 Å². The maximum absolute atomic E-state index is 10.5. The normalized spacial score (nSPS) is 20.7. The van der Waals surface area contributed by atoms with Crippen LogP contribution in [0.4, 0.5) is 0 Å². The van der Waals surface area contributed by atoms with Crippen LogP contribution in [0, 0.1) is 0 Å². The summed E-state index contributed by atoms with van der Waals surface area (Å²) >= 11 is 0. The Morgan fingerprint density at radius 1 is 0.531 bits per heavy atom. The molecule has 32 heavy (non-hydrogen) atoms. The van der Waals surface area contributed by atoms with Gasteiger partial charge in [-0.05, 0) is 25.7 Å². The van der Waals surface area contributed by atoms with Crippen molar-refractivity contribution < 1.29 is 20.6 Å². The molecule has 2 saturated carbocycles. The molecule has 172 valence electrons. The number of oxime groups is 2. The number of benzene rings is 2. The summed E-state index contributed by atoms with van der Waals surface area (Å²) in [5.41, 5.74) is 0.521. The van der Waals surface area contributed by atoms with Crippen molar-refractivity contribution in [3.63, 3.8) is 0 Å². The van der Waals surface area contributed by atoms with Crippen LogP contribution in [0.15, 0.2) is 71.0 Å². The second kappa shape index (κ2) is 11.2. The van der Waals surface area contributed by atoms with Gasteiger partial charge in [-0.3, -0.25) is 0 Å². The highest BCUT2D eigenvalue weighted by atomic mass is 16.4. The molecule has 0 aliphatic heterocycles. The van der Waals surface area contributed by atoms with Gasteiger partial charge in [-0.1, -0.05) is 110 Å². The molecule has 0 radical (unpaired) electrons. The van der Waals surface area contributed by atoms with Crippen LogP contribution in [0.2, 0.25) is 0 Å². The summed E-state index contributed by atoms with van der Waals surface area (Å²) in [7, 11) is 0. The Hall–Kier alpha value is -2.70. The summed E-state index contributed by atoms with van der Waals surface area (Å²) in [6.07, 6.45) is 8.98. The maximum Gasteiger partial charge on any atom is 0.118 e. The molecule has 0 amide bonds. The molecule has 0 atom stereocenters. The predicted octanol–water partition coefficient (Wildman–Crippen LogP) is 5.12. The quantitative estimate of drug-likeness (QED) is 0.302. The van der Waals surface area contributed by atoms with E-state index in [0.29, 0.717) is 37.1 Å². The highest BCUT2D eigenvalue weighted by Crippen LogP contribution is 2.32. The van der Waals surface area contributed by atoms with E-state index in [2.05, 4.69) is 10.3 Å². The van der Waals surface area contributed by atoms with E-state index in [0.717, 1.165) is 49.7 Å². The van der Waals surface area contributed by atoms with Crippen LogP contribution in [-0.4, -0.2) is 43.3 Å². The smallest absolute Gasteiger partial charge is 0.118 e. The first-order chi connectivity index (χ1) is 15.5. The first-order valence-electron chi connectivity index (χ1n) is 11.5. The zero-order valence-corrected chi connectivity index (χ0v) is 18.5. The number of aliphatic hydroxyl groups is 2. The molecule has 0 unspecified atom stereocenters. The average molecular weight is 439 g/mol. The van der Waals surface area contributed by atoms with Gasteiger partial charge in [0.15, 0.2) is 0 Å². The summed E-state index contributed by atoms with van der Waals surface area (Å²) < 4.78 is 0. The molecule has 2 aromatic rings. The maximum atomic E-state index is 10.5. The Balaban J connectivity index is 0.000000181. The van der Waals surface area contributed by atoms with E-state index in [4.69, 9.17) is 10.4 Å². The summed E-state index contributed by atoms with van der Waals surface area (Å²) in [6, 6.07) is 18.8. The fraction of sp³-hybridized carbons (Fsp3) is 0.462. The molecule has 4 N–H and O–H groups in total. The lowest BCUT2D eigenvalue weighted by atomic mass is 9.79. The van der Waals surface area contributed by atoms with Crippen LogP contribution in [0.5, 0.6) is 0 Å². The number of rotatable bonds is 4. The van der Waals surface area contributed by atoms with Crippen molar-refractivity contribution in [3.05, 3.63) is 71.8 Å². The van der Waals surface area contributed by atoms with Crippen LogP contribution in [-0.2, 0) is 0 Å². The molecular weight excluding hydrogens is 404 g/mol. The lowest BCUT2D eigenvalue weighted by Crippen LogP contribution is -2.41. The van der Waals surface area contributed by atoms with Crippen molar-refractivity contribution in [3.8, 4) is 0 Å². The van der Waals surface area contributed by atoms with Gasteiger partial charge in [0.1, 0.15) is 22.6 Å². The van der Waals surface area contributed by atoms with E-state index >= 15 is 0 Å². The van der Waals surface area contributed by atoms with Crippen LogP contribution in [0.1, 0.15) is 75.3 Å². The largest absolute Gasteiger partial charge is 0.411 e. The van der Waals surface area contributed by atoms with Gasteiger partial charge in [0.25, 0.3) is 0 Å². The van der Waals surface area contributed by atoms with Crippen molar-refractivity contribution >= 4 is 11.4 Å². The Morgan fingerprint density at radius 3 is 1.12 bits per heavy atom. The fourth-order valence-electron chi connectivity index (χ4n) is 4.78. The molecule has 0 heterocycles. The molecular formula is C26H34N2O4. The monoisotopic (exact) mass is 438 g/mol. The molecule has 2 aliphatic carbocycles. The Labute approximate surface area is 189 Å². The zero-order valence-electron chi connectivity index (χ0n) is 18.5. The van der Waals surface area contributed by atoms with E-state index in [9.17, 15) is 10.2 Å². The van der Waals surface area contributed by atoms with Crippen molar-refractivity contribution in [2.75, 3.05) is 0 Å². The highest BCUT2D eigenvalue weighted by molar-refractivity contribution is 6.06. The number of hydrogen-bond acceptors (Lipinski definition) is 6. The lowest BCUT2D eigenvalue weighted by Gasteiger charge is -2.32. The summed E-state index contributed by atoms with van der Waals surface area (Å²) in [5, 5.41) is 45.9. The highest BCUT2D eigenvalue weighted by Gasteiger charge is 2.37. The molecule has 2 fully saturated rings. The van der Waals surface area contributed by atoms with Gasteiger partial charge in [0.2, 0.25) is 0 Å². The Kier molecular flexibility index (Phi) is 8.42. The lowest BCUT2D eigenvalue weighted by molar-refractivity contribution is 0.0676. The van der Waals surface area contributed by atoms with E-state index in [1.807, 2.05) is 60.7 Å². The minimum atomic E-state index is -0.950. The van der Waals surface area contributed by atoms with E-state index in [1.54, 1.807) is 0 Å². The van der Waals surface area contributed by atoms with Crippen molar-refractivity contribution in [2.24, 2.45) is 10.3 Å². The predicted molar refractivity (Wildman–Crippen MR) is 126 cm³/mol. The molecule has 0 saturated heterocycles. The van der Waals surface area contributed by atoms with Crippen molar-refractivity contribution in [2.45, 2.75) is 75.4 Å². The first kappa shape index (κ1) is 24.0. The molecule has 6 nitrogen and oxygen atoms in total. The molecule has 4 rings (SSSR count). The van der Waals surface area contributed by atoms with Crippen LogP contribution >= 0.6 is 0 Å². The van der Waals surface area contributed by atoms with Gasteiger partial charge in [-0.25, -0.2) is 0 Å². The minimum absolute atomic E-state index is 0.410. The molecule has 2 aliphatic rings. The molecule has 2 aromatic carbocycles. The van der Waals surface area contributed by atoms with Gasteiger partial charge < -0.3 is 20.6 Å². The second-order valence-corrected chi connectivity index (χ2v) is 8.81. The summed E-state index contributed by atoms with van der Waals surface area (Å²) in [4.78, 5) is 0. The molecule has 0 spiro atoms. The van der Waals surface area contributed by atoms with Gasteiger partial charge in [-0.15, -0.1) is 0 Å². The van der Waals surface area contributed by atoms with Crippen LogP contribution in [0.25, 0.3) is 0 Å². The third-order valence-corrected chi connectivity index (χ3v) is 6.54. The zero-order chi connectivity index (χ0) is 22.9. The van der Waals surface area contributed by atoms with Gasteiger partial charge in [0.05, 0.1) is 0 Å². The van der Waals surface area contributed by atoms with Gasteiger partial charge in [-0.2, -0.15) is 0 Å². The number of nitrogens with zero attached hydrogens (tertiary/aromatic N) is 2. The number of hydrogen-bond donors (Lipinski definition) is 4. The van der Waals surface area contributed by atoms with E-state index in [1.165, 1.54) is 0 Å². The second-order valence-electron chi connectivity index (χ2n) is 8.81. The van der Waals surface area contributed by atoms with E-state index in [-0.39, 0.29) is 0 Å². The Bertz CT molecular complexity index is 809. The Morgan fingerprint density at radius 2 is 0.844 bits per heavy atom. The fourth-order valence-corrected chi connectivity index (χ4v) is 4.78. The molecule has 6 heteroatoms. The first-order valence-corrected chi connectivity index (χ1v) is 11.5. The minimum Gasteiger partial charge on any atom is -0.411 e. The molecule has 0 bridgehead atoms. The third kappa shape index (κ3) is 5.75. The van der Waals surface area contributed by atoms with E-state index < -0.39 is 11.2 Å². The topological polar surface area (TPSA) is 106 Å². The van der Waals surface area contributed by atoms with Crippen molar-refractivity contribution in [1.29, 1.82) is 0 Å². The van der Waals surface area contributed by atoms with Crippen molar-refractivity contribution in [1.82, 2.24) is 0 Å². The standard InChI is InChI=1S/2C13H17NO2/c2*15-13(9-5-2-6-10-13)12(14-16)11-7-3-1-4-8-11/h2*1,3-4,7-8,15-16H,2,5-6,9-10H2/b2*14-12+. The molecule has 0 aromatic heterocycles. The van der Waals surface area contributed by atoms with Gasteiger partial charge in [0, 0.05) is 11.1 Å². The SMILES string of the molecule is O/N=C(\c1ccccc1)C1(O)CCCCC1.O/N=C(\c1ccccc1)C1(O)CCCCC1. The summed E-state index contributed by atoms with van der Waals surface area (Å²) in [5.74, 6) is 0. The summed E-state index contributed by atoms with van der Waals surface area (Å²) in [6.45, 7) is 0. The average Bonchev–Trinajstić information content (AvgIpc) is 2.82. The van der Waals surface area contributed by atoms with Gasteiger partial charge >= 0.3 is 0 Å². The van der Waals surface area contributed by atoms with Crippen LogP contribution < -0.4 is 0 Å². The third-order valence-electron chi connectivity index (χ3n) is 6.54.